The molecule has 2 aromatic heterocycles. The van der Waals surface area contributed by atoms with Crippen LogP contribution in [-0.4, -0.2) is 26.4 Å². The first-order valence-corrected chi connectivity index (χ1v) is 5.84. The molecule has 0 radical (unpaired) electrons. The summed E-state index contributed by atoms with van der Waals surface area (Å²) in [6, 6.07) is 11.9. The van der Waals surface area contributed by atoms with Crippen molar-refractivity contribution in [3.05, 3.63) is 48.2 Å². The molecule has 5 nitrogen and oxygen atoms in total. The van der Waals surface area contributed by atoms with Crippen LogP contribution < -0.4 is 5.73 Å². The lowest BCUT2D eigenvalue weighted by Crippen LogP contribution is -2.02. The van der Waals surface area contributed by atoms with Crippen molar-refractivity contribution in [2.45, 2.75) is 6.42 Å². The molecule has 0 unspecified atom stereocenters. The molecule has 0 bridgehead atoms. The van der Waals surface area contributed by atoms with Crippen LogP contribution in [0.5, 0.6) is 0 Å². The van der Waals surface area contributed by atoms with Crippen LogP contribution in [0.25, 0.3) is 17.0 Å². The normalized spacial score (nSPS) is 10.9. The van der Waals surface area contributed by atoms with E-state index in [0.29, 0.717) is 6.54 Å². The summed E-state index contributed by atoms with van der Waals surface area (Å²) in [5.41, 5.74) is 8.51. The standard InChI is InChI=1S/C13H13N5/c14-8-7-10-3-5-11(6-4-10)13-17-16-12-2-1-9-15-18(12)13/h1-6,9H,7-8,14H2. The van der Waals surface area contributed by atoms with Crippen molar-refractivity contribution in [1.82, 2.24) is 19.8 Å². The third-order valence-electron chi connectivity index (χ3n) is 2.82. The van der Waals surface area contributed by atoms with Crippen molar-refractivity contribution in [3.8, 4) is 11.4 Å². The lowest BCUT2D eigenvalue weighted by atomic mass is 10.1. The molecular formula is C13H13N5. The molecule has 0 fully saturated rings. The molecule has 2 N–H and O–H groups in total. The molecule has 2 heterocycles. The first-order chi connectivity index (χ1) is 8.88. The molecule has 0 aliphatic rings. The Balaban J connectivity index is 2.03. The van der Waals surface area contributed by atoms with Gasteiger partial charge in [-0.1, -0.05) is 24.3 Å². The third kappa shape index (κ3) is 1.84. The maximum Gasteiger partial charge on any atom is 0.185 e. The lowest BCUT2D eigenvalue weighted by Gasteiger charge is -2.01. The van der Waals surface area contributed by atoms with E-state index in [1.165, 1.54) is 5.56 Å². The molecule has 0 aliphatic heterocycles. The first-order valence-electron chi connectivity index (χ1n) is 5.84. The minimum absolute atomic E-state index is 0.661. The van der Waals surface area contributed by atoms with Crippen LogP contribution in [0.3, 0.4) is 0 Å². The second kappa shape index (κ2) is 4.54. The summed E-state index contributed by atoms with van der Waals surface area (Å²) in [6.07, 6.45) is 2.61. The van der Waals surface area contributed by atoms with Crippen LogP contribution in [0.1, 0.15) is 5.56 Å². The molecule has 1 aromatic carbocycles. The van der Waals surface area contributed by atoms with Gasteiger partial charge in [0.15, 0.2) is 11.5 Å². The van der Waals surface area contributed by atoms with Crippen LogP contribution in [0.15, 0.2) is 42.6 Å². The van der Waals surface area contributed by atoms with Gasteiger partial charge in [0.05, 0.1) is 0 Å². The van der Waals surface area contributed by atoms with Gasteiger partial charge < -0.3 is 5.73 Å². The Morgan fingerprint density at radius 3 is 2.67 bits per heavy atom. The zero-order valence-corrected chi connectivity index (χ0v) is 9.82. The Labute approximate surface area is 104 Å². The number of hydrogen-bond donors (Lipinski definition) is 1. The second-order valence-corrected chi connectivity index (χ2v) is 4.05. The number of rotatable bonds is 3. The monoisotopic (exact) mass is 239 g/mol. The van der Waals surface area contributed by atoms with E-state index in [2.05, 4.69) is 27.4 Å². The fourth-order valence-electron chi connectivity index (χ4n) is 1.91. The average Bonchev–Trinajstić information content (AvgIpc) is 2.84. The fourth-order valence-corrected chi connectivity index (χ4v) is 1.91. The Morgan fingerprint density at radius 1 is 1.06 bits per heavy atom. The molecule has 18 heavy (non-hydrogen) atoms. The average molecular weight is 239 g/mol. The summed E-state index contributed by atoms with van der Waals surface area (Å²) in [5, 5.41) is 12.5. The Bertz CT molecular complexity index is 656. The van der Waals surface area contributed by atoms with Crippen LogP contribution in [0.4, 0.5) is 0 Å². The van der Waals surface area contributed by atoms with E-state index in [1.54, 1.807) is 10.7 Å². The molecular weight excluding hydrogens is 226 g/mol. The van der Waals surface area contributed by atoms with Gasteiger partial charge in [0.25, 0.3) is 0 Å². The summed E-state index contributed by atoms with van der Waals surface area (Å²) in [5.74, 6) is 0.755. The van der Waals surface area contributed by atoms with Gasteiger partial charge in [0, 0.05) is 11.8 Å². The highest BCUT2D eigenvalue weighted by Crippen LogP contribution is 2.17. The molecule has 5 heteroatoms. The van der Waals surface area contributed by atoms with Crippen molar-refractivity contribution < 1.29 is 0 Å². The molecule has 0 aliphatic carbocycles. The number of hydrogen-bond acceptors (Lipinski definition) is 4. The second-order valence-electron chi connectivity index (χ2n) is 4.05. The highest BCUT2D eigenvalue weighted by molar-refractivity contribution is 5.58. The molecule has 0 atom stereocenters. The maximum absolute atomic E-state index is 5.53. The Hall–Kier alpha value is -2.27. The summed E-state index contributed by atoms with van der Waals surface area (Å²) < 4.78 is 1.73. The quantitative estimate of drug-likeness (QED) is 0.747. The smallest absolute Gasteiger partial charge is 0.185 e. The largest absolute Gasteiger partial charge is 0.330 e. The zero-order chi connectivity index (χ0) is 12.4. The van der Waals surface area contributed by atoms with Crippen molar-refractivity contribution in [2.75, 3.05) is 6.54 Å². The highest BCUT2D eigenvalue weighted by atomic mass is 15.4. The topological polar surface area (TPSA) is 69.1 Å². The van der Waals surface area contributed by atoms with E-state index < -0.39 is 0 Å². The molecule has 0 spiro atoms. The summed E-state index contributed by atoms with van der Waals surface area (Å²) in [7, 11) is 0. The highest BCUT2D eigenvalue weighted by Gasteiger charge is 2.07. The van der Waals surface area contributed by atoms with E-state index in [-0.39, 0.29) is 0 Å². The summed E-state index contributed by atoms with van der Waals surface area (Å²) in [6.45, 7) is 0.661. The van der Waals surface area contributed by atoms with E-state index in [1.807, 2.05) is 24.3 Å². The Morgan fingerprint density at radius 2 is 1.89 bits per heavy atom. The molecule has 0 saturated heterocycles. The zero-order valence-electron chi connectivity index (χ0n) is 9.82. The number of nitrogens with two attached hydrogens (primary N) is 1. The van der Waals surface area contributed by atoms with E-state index in [9.17, 15) is 0 Å². The van der Waals surface area contributed by atoms with Gasteiger partial charge >= 0.3 is 0 Å². The van der Waals surface area contributed by atoms with Gasteiger partial charge in [0.1, 0.15) is 0 Å². The number of nitrogens with zero attached hydrogens (tertiary/aromatic N) is 4. The van der Waals surface area contributed by atoms with Gasteiger partial charge in [-0.3, -0.25) is 0 Å². The Kier molecular flexibility index (Phi) is 2.74. The van der Waals surface area contributed by atoms with E-state index in [0.717, 1.165) is 23.5 Å². The van der Waals surface area contributed by atoms with E-state index in [4.69, 9.17) is 5.73 Å². The maximum atomic E-state index is 5.53. The molecule has 3 rings (SSSR count). The minimum Gasteiger partial charge on any atom is -0.330 e. The van der Waals surface area contributed by atoms with Gasteiger partial charge in [-0.05, 0) is 30.7 Å². The van der Waals surface area contributed by atoms with Crippen molar-refractivity contribution >= 4 is 5.65 Å². The van der Waals surface area contributed by atoms with Gasteiger partial charge in [-0.15, -0.1) is 10.2 Å². The van der Waals surface area contributed by atoms with Gasteiger partial charge in [0.2, 0.25) is 0 Å². The van der Waals surface area contributed by atoms with Gasteiger partial charge in [-0.2, -0.15) is 9.61 Å². The molecule has 3 aromatic rings. The lowest BCUT2D eigenvalue weighted by molar-refractivity contribution is 0.934. The minimum atomic E-state index is 0.661. The summed E-state index contributed by atoms with van der Waals surface area (Å²) in [4.78, 5) is 0. The van der Waals surface area contributed by atoms with Gasteiger partial charge in [-0.25, -0.2) is 0 Å². The molecule has 90 valence electrons. The van der Waals surface area contributed by atoms with Crippen molar-refractivity contribution in [2.24, 2.45) is 5.73 Å². The number of fused-ring (bicyclic) bond motifs is 1. The van der Waals surface area contributed by atoms with Crippen LogP contribution in [0.2, 0.25) is 0 Å². The molecule has 0 amide bonds. The van der Waals surface area contributed by atoms with Crippen molar-refractivity contribution in [3.63, 3.8) is 0 Å². The molecule has 0 saturated carbocycles. The number of aromatic nitrogens is 4. The fraction of sp³-hybridized carbons (Fsp3) is 0.154. The van der Waals surface area contributed by atoms with Crippen LogP contribution in [-0.2, 0) is 6.42 Å². The van der Waals surface area contributed by atoms with Crippen LogP contribution in [0, 0.1) is 0 Å². The third-order valence-corrected chi connectivity index (χ3v) is 2.82. The SMILES string of the molecule is NCCc1ccc(-c2nnc3cccnn23)cc1. The van der Waals surface area contributed by atoms with Crippen LogP contribution >= 0.6 is 0 Å². The van der Waals surface area contributed by atoms with Crippen molar-refractivity contribution in [1.29, 1.82) is 0 Å². The first kappa shape index (κ1) is 10.9. The predicted molar refractivity (Wildman–Crippen MR) is 69.0 cm³/mol. The number of benzene rings is 1. The van der Waals surface area contributed by atoms with E-state index >= 15 is 0 Å². The summed E-state index contributed by atoms with van der Waals surface area (Å²) >= 11 is 0. The predicted octanol–water partition coefficient (Wildman–Crippen LogP) is 1.29.